The minimum atomic E-state index is -0.0901. The van der Waals surface area contributed by atoms with Crippen molar-refractivity contribution in [2.24, 2.45) is 0 Å². The van der Waals surface area contributed by atoms with Crippen molar-refractivity contribution < 1.29 is 4.74 Å². The monoisotopic (exact) mass is 264 g/mol. The first-order chi connectivity index (χ1) is 8.94. The van der Waals surface area contributed by atoms with Gasteiger partial charge in [-0.05, 0) is 45.4 Å². The summed E-state index contributed by atoms with van der Waals surface area (Å²) in [6.07, 6.45) is 3.92. The molecule has 108 valence electrons. The Kier molecular flexibility index (Phi) is 6.46. The summed E-state index contributed by atoms with van der Waals surface area (Å²) in [5.74, 6) is 0. The van der Waals surface area contributed by atoms with Crippen LogP contribution in [0.25, 0.3) is 0 Å². The molecule has 1 aromatic heterocycles. The van der Waals surface area contributed by atoms with Crippen molar-refractivity contribution in [3.8, 4) is 0 Å². The van der Waals surface area contributed by atoms with Crippen LogP contribution in [0.3, 0.4) is 0 Å². The molecule has 1 aromatic rings. The maximum absolute atomic E-state index is 5.87. The fourth-order valence-corrected chi connectivity index (χ4v) is 1.87. The van der Waals surface area contributed by atoms with E-state index in [9.17, 15) is 0 Å². The Bertz CT molecular complexity index is 354. The highest BCUT2D eigenvalue weighted by molar-refractivity contribution is 5.14. The molecule has 19 heavy (non-hydrogen) atoms. The Morgan fingerprint density at radius 2 is 2.00 bits per heavy atom. The SMILES string of the molecule is CCNC(COC(C)(C)C)Cc1ccc(CC)cn1. The average Bonchev–Trinajstić information content (AvgIpc) is 2.36. The summed E-state index contributed by atoms with van der Waals surface area (Å²) >= 11 is 0. The molecule has 0 radical (unpaired) electrons. The quantitative estimate of drug-likeness (QED) is 0.822. The van der Waals surface area contributed by atoms with Crippen LogP contribution in [-0.2, 0) is 17.6 Å². The van der Waals surface area contributed by atoms with Crippen LogP contribution >= 0.6 is 0 Å². The van der Waals surface area contributed by atoms with Gasteiger partial charge in [-0.25, -0.2) is 0 Å². The lowest BCUT2D eigenvalue weighted by atomic mass is 10.1. The van der Waals surface area contributed by atoms with Crippen LogP contribution in [0.5, 0.6) is 0 Å². The van der Waals surface area contributed by atoms with E-state index in [1.165, 1.54) is 5.56 Å². The van der Waals surface area contributed by atoms with E-state index in [4.69, 9.17) is 4.74 Å². The molecule has 1 N–H and O–H groups in total. The average molecular weight is 264 g/mol. The second kappa shape index (κ2) is 7.61. The minimum Gasteiger partial charge on any atom is -0.374 e. The second-order valence-electron chi connectivity index (χ2n) is 5.89. The summed E-state index contributed by atoms with van der Waals surface area (Å²) in [5, 5.41) is 3.47. The molecule has 0 saturated heterocycles. The number of nitrogens with one attached hydrogen (secondary N) is 1. The number of ether oxygens (including phenoxy) is 1. The topological polar surface area (TPSA) is 34.1 Å². The lowest BCUT2D eigenvalue weighted by molar-refractivity contribution is -0.0142. The maximum Gasteiger partial charge on any atom is 0.0630 e. The van der Waals surface area contributed by atoms with E-state index >= 15 is 0 Å². The number of likely N-dealkylation sites (N-methyl/N-ethyl adjacent to an activating group) is 1. The first-order valence-electron chi connectivity index (χ1n) is 7.25. The molecular formula is C16H28N2O. The maximum atomic E-state index is 5.87. The number of rotatable bonds is 7. The van der Waals surface area contributed by atoms with Crippen molar-refractivity contribution in [2.45, 2.75) is 59.1 Å². The molecule has 1 atom stereocenters. The predicted octanol–water partition coefficient (Wildman–Crippen LogP) is 2.98. The summed E-state index contributed by atoms with van der Waals surface area (Å²) < 4.78 is 5.87. The van der Waals surface area contributed by atoms with E-state index in [1.807, 2.05) is 6.20 Å². The first-order valence-corrected chi connectivity index (χ1v) is 7.25. The molecule has 0 amide bonds. The molecule has 0 aliphatic carbocycles. The summed E-state index contributed by atoms with van der Waals surface area (Å²) in [7, 11) is 0. The highest BCUT2D eigenvalue weighted by Crippen LogP contribution is 2.09. The highest BCUT2D eigenvalue weighted by Gasteiger charge is 2.15. The van der Waals surface area contributed by atoms with E-state index in [0.29, 0.717) is 12.6 Å². The van der Waals surface area contributed by atoms with Gasteiger partial charge in [0.2, 0.25) is 0 Å². The normalized spacial score (nSPS) is 13.5. The van der Waals surface area contributed by atoms with Gasteiger partial charge >= 0.3 is 0 Å². The van der Waals surface area contributed by atoms with Crippen molar-refractivity contribution in [2.75, 3.05) is 13.2 Å². The molecule has 0 saturated carbocycles. The van der Waals surface area contributed by atoms with Gasteiger partial charge in [0.05, 0.1) is 12.2 Å². The highest BCUT2D eigenvalue weighted by atomic mass is 16.5. The number of hydrogen-bond donors (Lipinski definition) is 1. The van der Waals surface area contributed by atoms with Crippen molar-refractivity contribution in [1.82, 2.24) is 10.3 Å². The summed E-state index contributed by atoms with van der Waals surface area (Å²) in [6.45, 7) is 12.2. The van der Waals surface area contributed by atoms with Gasteiger partial charge in [0.25, 0.3) is 0 Å². The van der Waals surface area contributed by atoms with Crippen LogP contribution in [0, 0.1) is 0 Å². The second-order valence-corrected chi connectivity index (χ2v) is 5.89. The summed E-state index contributed by atoms with van der Waals surface area (Å²) in [4.78, 5) is 4.52. The molecule has 1 rings (SSSR count). The van der Waals surface area contributed by atoms with Gasteiger partial charge in [0.1, 0.15) is 0 Å². The van der Waals surface area contributed by atoms with Crippen LogP contribution in [0.4, 0.5) is 0 Å². The number of aryl methyl sites for hydroxylation is 1. The van der Waals surface area contributed by atoms with Gasteiger partial charge in [-0.3, -0.25) is 4.98 Å². The number of nitrogens with zero attached hydrogens (tertiary/aromatic N) is 1. The summed E-state index contributed by atoms with van der Waals surface area (Å²) in [5.41, 5.74) is 2.32. The molecule has 1 heterocycles. The van der Waals surface area contributed by atoms with Crippen molar-refractivity contribution in [3.05, 3.63) is 29.6 Å². The molecule has 0 aliphatic rings. The van der Waals surface area contributed by atoms with Crippen LogP contribution < -0.4 is 5.32 Å². The minimum absolute atomic E-state index is 0.0901. The third-order valence-corrected chi connectivity index (χ3v) is 2.96. The van der Waals surface area contributed by atoms with Gasteiger partial charge in [0.15, 0.2) is 0 Å². The number of pyridine rings is 1. The van der Waals surface area contributed by atoms with Gasteiger partial charge in [-0.15, -0.1) is 0 Å². The molecule has 0 aromatic carbocycles. The zero-order valence-electron chi connectivity index (χ0n) is 13.0. The van der Waals surface area contributed by atoms with E-state index in [1.54, 1.807) is 0 Å². The zero-order valence-corrected chi connectivity index (χ0v) is 13.0. The Morgan fingerprint density at radius 3 is 2.47 bits per heavy atom. The van der Waals surface area contributed by atoms with Gasteiger partial charge < -0.3 is 10.1 Å². The fraction of sp³-hybridized carbons (Fsp3) is 0.688. The van der Waals surface area contributed by atoms with E-state index < -0.39 is 0 Å². The van der Waals surface area contributed by atoms with Crippen LogP contribution in [0.15, 0.2) is 18.3 Å². The van der Waals surface area contributed by atoms with E-state index in [0.717, 1.165) is 25.1 Å². The largest absolute Gasteiger partial charge is 0.374 e. The molecule has 1 unspecified atom stereocenters. The Morgan fingerprint density at radius 1 is 1.26 bits per heavy atom. The smallest absolute Gasteiger partial charge is 0.0630 e. The molecule has 0 fully saturated rings. The Labute approximate surface area is 117 Å². The third-order valence-electron chi connectivity index (χ3n) is 2.96. The predicted molar refractivity (Wildman–Crippen MR) is 80.5 cm³/mol. The lowest BCUT2D eigenvalue weighted by Gasteiger charge is -2.25. The van der Waals surface area contributed by atoms with Crippen molar-refractivity contribution in [1.29, 1.82) is 0 Å². The van der Waals surface area contributed by atoms with Gasteiger partial charge in [-0.1, -0.05) is 19.9 Å². The van der Waals surface area contributed by atoms with Crippen LogP contribution in [-0.4, -0.2) is 29.8 Å². The number of hydrogen-bond acceptors (Lipinski definition) is 3. The van der Waals surface area contributed by atoms with Crippen LogP contribution in [0.2, 0.25) is 0 Å². The first kappa shape index (κ1) is 16.1. The van der Waals surface area contributed by atoms with E-state index in [2.05, 4.69) is 57.1 Å². The lowest BCUT2D eigenvalue weighted by Crippen LogP contribution is -2.38. The molecule has 3 nitrogen and oxygen atoms in total. The third kappa shape index (κ3) is 6.69. The zero-order chi connectivity index (χ0) is 14.3. The van der Waals surface area contributed by atoms with Gasteiger partial charge in [0, 0.05) is 24.4 Å². The summed E-state index contributed by atoms with van der Waals surface area (Å²) in [6, 6.07) is 4.61. The molecule has 0 aliphatic heterocycles. The molecule has 0 bridgehead atoms. The molecular weight excluding hydrogens is 236 g/mol. The Balaban J connectivity index is 2.56. The fourth-order valence-electron chi connectivity index (χ4n) is 1.87. The molecule has 0 spiro atoms. The number of aromatic nitrogens is 1. The van der Waals surface area contributed by atoms with Crippen molar-refractivity contribution >= 4 is 0 Å². The Hall–Kier alpha value is -0.930. The molecule has 3 heteroatoms. The standard InChI is InChI=1S/C16H28N2O/c1-6-13-8-9-14(18-11-13)10-15(17-7-2)12-19-16(3,4)5/h8-9,11,15,17H,6-7,10,12H2,1-5H3. The van der Waals surface area contributed by atoms with Crippen molar-refractivity contribution in [3.63, 3.8) is 0 Å². The van der Waals surface area contributed by atoms with Gasteiger partial charge in [-0.2, -0.15) is 0 Å². The van der Waals surface area contributed by atoms with E-state index in [-0.39, 0.29) is 5.60 Å². The van der Waals surface area contributed by atoms with Crippen LogP contribution in [0.1, 0.15) is 45.9 Å².